The first kappa shape index (κ1) is 23.4. The van der Waals surface area contributed by atoms with Gasteiger partial charge in [-0.15, -0.1) is 13.2 Å². The Morgan fingerprint density at radius 1 is 1.12 bits per heavy atom. The Morgan fingerprint density at radius 2 is 1.82 bits per heavy atom. The molecule has 8 nitrogen and oxygen atoms in total. The van der Waals surface area contributed by atoms with Crippen LogP contribution in [0.1, 0.15) is 29.5 Å². The number of ether oxygens (including phenoxy) is 3. The highest BCUT2D eigenvalue weighted by atomic mass is 19.4. The van der Waals surface area contributed by atoms with Crippen molar-refractivity contribution in [2.24, 2.45) is 0 Å². The average molecular weight is 468 g/mol. The number of rotatable bonds is 5. The number of likely N-dealkylation sites (tertiary alicyclic amines) is 1. The molecule has 0 bridgehead atoms. The Bertz CT molecular complexity index is 928. The molecule has 2 atom stereocenters. The van der Waals surface area contributed by atoms with Crippen LogP contribution in [-0.4, -0.2) is 78.2 Å². The topological polar surface area (TPSA) is 69.1 Å². The molecule has 0 spiro atoms. The highest BCUT2D eigenvalue weighted by Gasteiger charge is 2.35. The van der Waals surface area contributed by atoms with Crippen molar-refractivity contribution in [2.75, 3.05) is 46.5 Å². The van der Waals surface area contributed by atoms with Crippen LogP contribution in [0.25, 0.3) is 0 Å². The maximum Gasteiger partial charge on any atom is 0.573 e. The minimum Gasteiger partial charge on any atom is -0.406 e. The lowest BCUT2D eigenvalue weighted by molar-refractivity contribution is -0.274. The fraction of sp³-hybridized carbons (Fsp3) is 0.545. The van der Waals surface area contributed by atoms with Gasteiger partial charge in [-0.2, -0.15) is 0 Å². The van der Waals surface area contributed by atoms with Crippen LogP contribution in [0.4, 0.5) is 18.0 Å². The van der Waals surface area contributed by atoms with E-state index in [2.05, 4.69) is 9.72 Å². The van der Waals surface area contributed by atoms with Crippen molar-refractivity contribution in [2.45, 2.75) is 31.3 Å². The fourth-order valence-electron chi connectivity index (χ4n) is 4.42. The minimum absolute atomic E-state index is 0.0158. The number of urea groups is 1. The summed E-state index contributed by atoms with van der Waals surface area (Å²) in [4.78, 5) is 21.3. The molecule has 3 heterocycles. The lowest BCUT2D eigenvalue weighted by atomic mass is 9.83. The molecule has 180 valence electrons. The largest absolute Gasteiger partial charge is 0.573 e. The molecule has 2 aromatic rings. The second-order valence-electron chi connectivity index (χ2n) is 8.26. The monoisotopic (exact) mass is 468 g/mol. The van der Waals surface area contributed by atoms with Crippen LogP contribution in [0.5, 0.6) is 5.75 Å². The van der Waals surface area contributed by atoms with Gasteiger partial charge in [0.05, 0.1) is 25.2 Å². The first-order valence-electron chi connectivity index (χ1n) is 10.8. The number of benzene rings is 1. The van der Waals surface area contributed by atoms with Gasteiger partial charge in [0.15, 0.2) is 0 Å². The zero-order valence-electron chi connectivity index (χ0n) is 18.3. The number of halogens is 3. The van der Waals surface area contributed by atoms with Crippen molar-refractivity contribution in [3.63, 3.8) is 0 Å². The van der Waals surface area contributed by atoms with E-state index in [1.54, 1.807) is 30.5 Å². The van der Waals surface area contributed by atoms with Crippen molar-refractivity contribution in [1.82, 2.24) is 19.4 Å². The van der Waals surface area contributed by atoms with Crippen molar-refractivity contribution in [3.05, 3.63) is 48.0 Å². The molecule has 1 aromatic carbocycles. The summed E-state index contributed by atoms with van der Waals surface area (Å²) in [5, 5.41) is 0. The molecule has 2 unspecified atom stereocenters. The zero-order valence-corrected chi connectivity index (χ0v) is 18.3. The highest BCUT2D eigenvalue weighted by molar-refractivity contribution is 5.75. The smallest absolute Gasteiger partial charge is 0.406 e. The van der Waals surface area contributed by atoms with E-state index in [1.807, 2.05) is 15.7 Å². The Labute approximate surface area is 189 Å². The molecule has 33 heavy (non-hydrogen) atoms. The molecule has 4 rings (SSSR count). The maximum atomic E-state index is 13.2. The van der Waals surface area contributed by atoms with Crippen molar-refractivity contribution >= 4 is 6.03 Å². The van der Waals surface area contributed by atoms with Crippen LogP contribution in [0, 0.1) is 0 Å². The maximum absolute atomic E-state index is 13.2. The number of hydrogen-bond donors (Lipinski definition) is 0. The molecular weight excluding hydrogens is 441 g/mol. The van der Waals surface area contributed by atoms with Gasteiger partial charge in [0, 0.05) is 51.3 Å². The molecule has 1 aromatic heterocycles. The molecule has 0 saturated carbocycles. The summed E-state index contributed by atoms with van der Waals surface area (Å²) in [5.41, 5.74) is 1.71. The first-order valence-corrected chi connectivity index (χ1v) is 10.8. The van der Waals surface area contributed by atoms with E-state index in [-0.39, 0.29) is 23.6 Å². The van der Waals surface area contributed by atoms with Gasteiger partial charge in [0.2, 0.25) is 0 Å². The standard InChI is InChI=1S/C22H27F3N4O4/c1-31-15-27-13-20(26-14-27)18-10-17(16-2-4-19(5-3-16)33-22(23,24)25)11-29(12-18)21(30)28-6-8-32-9-7-28/h2-5,13-14,17-18H,6-12,15H2,1H3. The third-order valence-electron chi connectivity index (χ3n) is 5.94. The summed E-state index contributed by atoms with van der Waals surface area (Å²) in [6.45, 7) is 3.47. The summed E-state index contributed by atoms with van der Waals surface area (Å²) in [6, 6.07) is 5.84. The Morgan fingerprint density at radius 3 is 2.48 bits per heavy atom. The van der Waals surface area contributed by atoms with Gasteiger partial charge in [-0.3, -0.25) is 0 Å². The number of carbonyl (C=O) groups excluding carboxylic acids is 1. The summed E-state index contributed by atoms with van der Waals surface area (Å²) in [7, 11) is 1.60. The Balaban J connectivity index is 1.55. The van der Waals surface area contributed by atoms with Crippen LogP contribution >= 0.6 is 0 Å². The number of piperidine rings is 1. The van der Waals surface area contributed by atoms with Crippen LogP contribution in [-0.2, 0) is 16.2 Å². The average Bonchev–Trinajstić information content (AvgIpc) is 3.27. The molecule has 2 aliphatic rings. The Hall–Kier alpha value is -2.79. The molecule has 2 saturated heterocycles. The summed E-state index contributed by atoms with van der Waals surface area (Å²) >= 11 is 0. The van der Waals surface area contributed by atoms with E-state index in [1.165, 1.54) is 12.1 Å². The third kappa shape index (κ3) is 5.97. The number of carbonyl (C=O) groups is 1. The normalized spacial score (nSPS) is 21.8. The Kier molecular flexibility index (Phi) is 7.08. The quantitative estimate of drug-likeness (QED) is 0.673. The number of alkyl halides is 3. The molecule has 0 radical (unpaired) electrons. The lowest BCUT2D eigenvalue weighted by Gasteiger charge is -2.40. The van der Waals surface area contributed by atoms with Crippen LogP contribution < -0.4 is 4.74 Å². The minimum atomic E-state index is -4.74. The van der Waals surface area contributed by atoms with Gasteiger partial charge < -0.3 is 28.6 Å². The van der Waals surface area contributed by atoms with Crippen molar-refractivity contribution in [3.8, 4) is 5.75 Å². The molecule has 2 aliphatic heterocycles. The van der Waals surface area contributed by atoms with Gasteiger partial charge in [-0.1, -0.05) is 12.1 Å². The van der Waals surface area contributed by atoms with Crippen molar-refractivity contribution < 1.29 is 32.2 Å². The van der Waals surface area contributed by atoms with Gasteiger partial charge in [-0.05, 0) is 24.1 Å². The van der Waals surface area contributed by atoms with E-state index in [0.29, 0.717) is 46.1 Å². The number of aromatic nitrogens is 2. The number of amides is 2. The molecule has 0 N–H and O–H groups in total. The first-order chi connectivity index (χ1) is 15.8. The molecule has 11 heteroatoms. The van der Waals surface area contributed by atoms with Gasteiger partial charge in [0.25, 0.3) is 0 Å². The number of methoxy groups -OCH3 is 1. The zero-order chi connectivity index (χ0) is 23.4. The second kappa shape index (κ2) is 10.0. The molecule has 2 amide bonds. The second-order valence-corrected chi connectivity index (χ2v) is 8.26. The molecule has 0 aliphatic carbocycles. The number of hydrogen-bond acceptors (Lipinski definition) is 5. The fourth-order valence-corrected chi connectivity index (χ4v) is 4.42. The van der Waals surface area contributed by atoms with Crippen LogP contribution in [0.15, 0.2) is 36.8 Å². The SMILES string of the molecule is COCn1cnc(C2CC(c3ccc(OC(F)(F)F)cc3)CN(C(=O)N3CCOCC3)C2)c1. The highest BCUT2D eigenvalue weighted by Crippen LogP contribution is 2.36. The lowest BCUT2D eigenvalue weighted by Crippen LogP contribution is -2.52. The predicted molar refractivity (Wildman–Crippen MR) is 112 cm³/mol. The van der Waals surface area contributed by atoms with Gasteiger partial charge >= 0.3 is 12.4 Å². The van der Waals surface area contributed by atoms with E-state index >= 15 is 0 Å². The summed E-state index contributed by atoms with van der Waals surface area (Å²) in [5.74, 6) is -0.336. The van der Waals surface area contributed by atoms with Crippen molar-refractivity contribution in [1.29, 1.82) is 0 Å². The molecular formula is C22H27F3N4O4. The predicted octanol–water partition coefficient (Wildman–Crippen LogP) is 3.41. The van der Waals surface area contributed by atoms with Gasteiger partial charge in [0.1, 0.15) is 12.5 Å². The third-order valence-corrected chi connectivity index (χ3v) is 5.94. The van der Waals surface area contributed by atoms with E-state index in [0.717, 1.165) is 17.7 Å². The summed E-state index contributed by atoms with van der Waals surface area (Å²) in [6.07, 6.45) is -0.412. The number of nitrogens with zero attached hydrogens (tertiary/aromatic N) is 4. The molecule has 2 fully saturated rings. The number of imidazole rings is 1. The van der Waals surface area contributed by atoms with Crippen LogP contribution in [0.2, 0.25) is 0 Å². The van der Waals surface area contributed by atoms with E-state index in [9.17, 15) is 18.0 Å². The summed E-state index contributed by atoms with van der Waals surface area (Å²) < 4.78 is 53.9. The van der Waals surface area contributed by atoms with E-state index < -0.39 is 6.36 Å². The van der Waals surface area contributed by atoms with Crippen LogP contribution in [0.3, 0.4) is 0 Å². The van der Waals surface area contributed by atoms with E-state index in [4.69, 9.17) is 9.47 Å². The number of morpholine rings is 1. The van der Waals surface area contributed by atoms with Gasteiger partial charge in [-0.25, -0.2) is 9.78 Å².